The van der Waals surface area contributed by atoms with Crippen molar-refractivity contribution in [2.75, 3.05) is 13.7 Å². The van der Waals surface area contributed by atoms with Crippen molar-refractivity contribution in [3.05, 3.63) is 30.1 Å². The number of methoxy groups -OCH3 is 1. The zero-order chi connectivity index (χ0) is 15.3. The lowest BCUT2D eigenvalue weighted by Crippen LogP contribution is -2.07. The minimum absolute atomic E-state index is 0.130. The average molecular weight is 293 g/mol. The Morgan fingerprint density at radius 2 is 2.10 bits per heavy atom. The van der Waals surface area contributed by atoms with Crippen LogP contribution in [0.15, 0.2) is 24.5 Å². The van der Waals surface area contributed by atoms with Gasteiger partial charge in [-0.1, -0.05) is 25.3 Å². The van der Waals surface area contributed by atoms with Crippen LogP contribution in [0.4, 0.5) is 0 Å². The number of unbranched alkanes of at least 4 members (excludes halogenated alkanes) is 1. The summed E-state index contributed by atoms with van der Waals surface area (Å²) >= 11 is 0. The van der Waals surface area contributed by atoms with Gasteiger partial charge in [-0.15, -0.1) is 0 Å². The number of pyridine rings is 1. The summed E-state index contributed by atoms with van der Waals surface area (Å²) in [6, 6.07) is 4.06. The van der Waals surface area contributed by atoms with Gasteiger partial charge in [0.25, 0.3) is 0 Å². The van der Waals surface area contributed by atoms with Crippen molar-refractivity contribution >= 4 is 5.97 Å². The van der Waals surface area contributed by atoms with Crippen LogP contribution in [0.5, 0.6) is 0 Å². The second-order valence-electron chi connectivity index (χ2n) is 5.45. The maximum Gasteiger partial charge on any atom is 0.305 e. The van der Waals surface area contributed by atoms with Crippen LogP contribution in [0, 0.1) is 5.92 Å². The molecule has 0 unspecified atom stereocenters. The molecule has 4 nitrogen and oxygen atoms in total. The first-order valence-electron chi connectivity index (χ1n) is 7.82. The van der Waals surface area contributed by atoms with Gasteiger partial charge in [0, 0.05) is 25.4 Å². The molecule has 0 spiro atoms. The molecule has 0 saturated heterocycles. The summed E-state index contributed by atoms with van der Waals surface area (Å²) in [7, 11) is 1.44. The first-order chi connectivity index (χ1) is 10.3. The smallest absolute Gasteiger partial charge is 0.305 e. The molecule has 0 amide bonds. The fourth-order valence-electron chi connectivity index (χ4n) is 2.54. The number of hydrogen-bond donors (Lipinski definition) is 1. The molecule has 1 N–H and O–H groups in total. The van der Waals surface area contributed by atoms with Crippen LogP contribution in [-0.2, 0) is 16.0 Å². The molecule has 1 aromatic rings. The molecule has 0 fully saturated rings. The molecule has 21 heavy (non-hydrogen) atoms. The van der Waals surface area contributed by atoms with Gasteiger partial charge < -0.3 is 9.84 Å². The highest BCUT2D eigenvalue weighted by atomic mass is 16.5. The van der Waals surface area contributed by atoms with Crippen LogP contribution in [0.25, 0.3) is 0 Å². The van der Waals surface area contributed by atoms with Crippen molar-refractivity contribution < 1.29 is 14.6 Å². The molecule has 4 heteroatoms. The number of aryl methyl sites for hydroxylation is 1. The third-order valence-electron chi connectivity index (χ3n) is 3.81. The fourth-order valence-corrected chi connectivity index (χ4v) is 2.54. The van der Waals surface area contributed by atoms with E-state index < -0.39 is 0 Å². The lowest BCUT2D eigenvalue weighted by atomic mass is 9.91. The summed E-state index contributed by atoms with van der Waals surface area (Å²) < 4.78 is 4.71. The van der Waals surface area contributed by atoms with Crippen molar-refractivity contribution in [3.8, 4) is 0 Å². The van der Waals surface area contributed by atoms with Gasteiger partial charge in [-0.05, 0) is 43.2 Å². The molecule has 1 atom stereocenters. The largest absolute Gasteiger partial charge is 0.469 e. The minimum atomic E-state index is -0.130. The van der Waals surface area contributed by atoms with E-state index in [0.717, 1.165) is 44.9 Å². The highest BCUT2D eigenvalue weighted by molar-refractivity contribution is 5.69. The molecule has 0 aliphatic carbocycles. The number of rotatable bonds is 11. The molecule has 1 aromatic heterocycles. The second-order valence-corrected chi connectivity index (χ2v) is 5.45. The van der Waals surface area contributed by atoms with E-state index in [2.05, 4.69) is 11.1 Å². The molecular weight excluding hydrogens is 266 g/mol. The van der Waals surface area contributed by atoms with E-state index in [1.54, 1.807) is 6.20 Å². The normalized spacial score (nSPS) is 12.1. The molecular formula is C17H27NO3. The maximum absolute atomic E-state index is 11.3. The number of aliphatic hydroxyl groups is 1. The average Bonchev–Trinajstić information content (AvgIpc) is 2.53. The molecule has 0 saturated carbocycles. The number of nitrogens with zero attached hydrogens (tertiary/aromatic N) is 1. The summed E-state index contributed by atoms with van der Waals surface area (Å²) in [5.41, 5.74) is 1.26. The Hall–Kier alpha value is -1.42. The van der Waals surface area contributed by atoms with E-state index in [0.29, 0.717) is 12.3 Å². The van der Waals surface area contributed by atoms with Gasteiger partial charge >= 0.3 is 5.97 Å². The van der Waals surface area contributed by atoms with E-state index in [9.17, 15) is 4.79 Å². The van der Waals surface area contributed by atoms with E-state index in [1.807, 2.05) is 12.3 Å². The van der Waals surface area contributed by atoms with E-state index >= 15 is 0 Å². The SMILES string of the molecule is COC(=O)CC[C@H](CCCCO)CCCc1cccnc1. The summed E-state index contributed by atoms with van der Waals surface area (Å²) in [5.74, 6) is 0.404. The van der Waals surface area contributed by atoms with Crippen LogP contribution < -0.4 is 0 Å². The van der Waals surface area contributed by atoms with E-state index in [1.165, 1.54) is 12.7 Å². The highest BCUT2D eigenvalue weighted by Crippen LogP contribution is 2.22. The first-order valence-corrected chi connectivity index (χ1v) is 7.82. The quantitative estimate of drug-likeness (QED) is 0.503. The monoisotopic (exact) mass is 293 g/mol. The number of carbonyl (C=O) groups is 1. The Bertz CT molecular complexity index is 381. The van der Waals surface area contributed by atoms with Gasteiger partial charge in [0.05, 0.1) is 7.11 Å². The lowest BCUT2D eigenvalue weighted by Gasteiger charge is -2.16. The molecule has 0 aliphatic rings. The zero-order valence-corrected chi connectivity index (χ0v) is 13.0. The Morgan fingerprint density at radius 1 is 1.29 bits per heavy atom. The molecule has 0 radical (unpaired) electrons. The van der Waals surface area contributed by atoms with Gasteiger partial charge in [0.1, 0.15) is 0 Å². The number of aliphatic hydroxyl groups excluding tert-OH is 1. The first kappa shape index (κ1) is 17.6. The van der Waals surface area contributed by atoms with E-state index in [4.69, 9.17) is 9.84 Å². The summed E-state index contributed by atoms with van der Waals surface area (Å²) in [6.07, 6.45) is 11.3. The van der Waals surface area contributed by atoms with Gasteiger partial charge in [-0.3, -0.25) is 9.78 Å². The Labute approximate surface area is 127 Å². The Balaban J connectivity index is 2.31. The number of ether oxygens (including phenoxy) is 1. The van der Waals surface area contributed by atoms with Crippen molar-refractivity contribution in [2.45, 2.75) is 51.4 Å². The van der Waals surface area contributed by atoms with Crippen LogP contribution in [-0.4, -0.2) is 29.8 Å². The van der Waals surface area contributed by atoms with Crippen LogP contribution in [0.3, 0.4) is 0 Å². The van der Waals surface area contributed by atoms with Crippen molar-refractivity contribution in [2.24, 2.45) is 5.92 Å². The number of aromatic nitrogens is 1. The zero-order valence-electron chi connectivity index (χ0n) is 13.0. The van der Waals surface area contributed by atoms with Gasteiger partial charge in [-0.2, -0.15) is 0 Å². The van der Waals surface area contributed by atoms with Gasteiger partial charge in [-0.25, -0.2) is 0 Å². The van der Waals surface area contributed by atoms with Crippen molar-refractivity contribution in [1.82, 2.24) is 4.98 Å². The summed E-state index contributed by atoms with van der Waals surface area (Å²) in [4.78, 5) is 15.4. The lowest BCUT2D eigenvalue weighted by molar-refractivity contribution is -0.141. The van der Waals surface area contributed by atoms with Crippen molar-refractivity contribution in [3.63, 3.8) is 0 Å². The second kappa shape index (κ2) is 11.3. The predicted molar refractivity (Wildman–Crippen MR) is 82.9 cm³/mol. The molecule has 0 bridgehead atoms. The highest BCUT2D eigenvalue weighted by Gasteiger charge is 2.11. The number of carbonyl (C=O) groups excluding carboxylic acids is 1. The topological polar surface area (TPSA) is 59.4 Å². The van der Waals surface area contributed by atoms with Crippen LogP contribution >= 0.6 is 0 Å². The third-order valence-corrected chi connectivity index (χ3v) is 3.81. The maximum atomic E-state index is 11.3. The third kappa shape index (κ3) is 8.45. The predicted octanol–water partition coefficient (Wildman–Crippen LogP) is 3.14. The fraction of sp³-hybridized carbons (Fsp3) is 0.647. The molecule has 118 valence electrons. The Morgan fingerprint density at radius 3 is 2.76 bits per heavy atom. The summed E-state index contributed by atoms with van der Waals surface area (Å²) in [5, 5.41) is 8.88. The van der Waals surface area contributed by atoms with Crippen LogP contribution in [0.2, 0.25) is 0 Å². The summed E-state index contributed by atoms with van der Waals surface area (Å²) in [6.45, 7) is 0.249. The standard InChI is InChI=1S/C17H27NO3/c1-21-17(20)11-10-15(6-2-3-13-19)7-4-8-16-9-5-12-18-14-16/h5,9,12,14-15,19H,2-4,6-8,10-11,13H2,1H3/t15-/m1/s1. The number of hydrogen-bond acceptors (Lipinski definition) is 4. The van der Waals surface area contributed by atoms with Crippen molar-refractivity contribution in [1.29, 1.82) is 0 Å². The van der Waals surface area contributed by atoms with Crippen LogP contribution in [0.1, 0.15) is 50.5 Å². The van der Waals surface area contributed by atoms with Gasteiger partial charge in [0.15, 0.2) is 0 Å². The molecule has 0 aromatic carbocycles. The van der Waals surface area contributed by atoms with Gasteiger partial charge in [0.2, 0.25) is 0 Å². The van der Waals surface area contributed by atoms with E-state index in [-0.39, 0.29) is 12.6 Å². The minimum Gasteiger partial charge on any atom is -0.469 e. The molecule has 1 heterocycles. The molecule has 1 rings (SSSR count). The number of esters is 1. The Kier molecular flexibility index (Phi) is 9.46. The molecule has 0 aliphatic heterocycles.